The van der Waals surface area contributed by atoms with E-state index >= 15 is 0 Å². The van der Waals surface area contributed by atoms with E-state index in [2.05, 4.69) is 5.10 Å². The second-order valence-electron chi connectivity index (χ2n) is 7.28. The standard InChI is InChI=1S/C17H22N4O4/c1-11-3-6-19(18-11)10-14(22)20-8-13-7-12(20)9-21(13)15(23)17(4-5-17)16(24)25-2/h3,6,12-13H,4-5,7-10H2,1-2H3/t12-,13-/m0/s1. The zero-order valence-electron chi connectivity index (χ0n) is 14.5. The van der Waals surface area contributed by atoms with Gasteiger partial charge in [0.15, 0.2) is 0 Å². The first-order valence-electron chi connectivity index (χ1n) is 8.63. The van der Waals surface area contributed by atoms with Gasteiger partial charge in [-0.3, -0.25) is 19.1 Å². The van der Waals surface area contributed by atoms with Gasteiger partial charge >= 0.3 is 5.97 Å². The van der Waals surface area contributed by atoms with Crippen molar-refractivity contribution in [2.75, 3.05) is 20.2 Å². The van der Waals surface area contributed by atoms with Crippen molar-refractivity contribution in [2.24, 2.45) is 5.41 Å². The van der Waals surface area contributed by atoms with E-state index in [9.17, 15) is 14.4 Å². The third-order valence-electron chi connectivity index (χ3n) is 5.63. The van der Waals surface area contributed by atoms with Crippen LogP contribution in [0.5, 0.6) is 0 Å². The van der Waals surface area contributed by atoms with Crippen LogP contribution in [0.1, 0.15) is 25.0 Å². The number of aryl methyl sites for hydroxylation is 1. The normalized spacial score (nSPS) is 26.0. The van der Waals surface area contributed by atoms with Crippen LogP contribution < -0.4 is 0 Å². The monoisotopic (exact) mass is 346 g/mol. The summed E-state index contributed by atoms with van der Waals surface area (Å²) in [5.74, 6) is -0.527. The molecule has 2 aliphatic heterocycles. The number of esters is 1. The van der Waals surface area contributed by atoms with E-state index in [-0.39, 0.29) is 30.4 Å². The highest BCUT2D eigenvalue weighted by Gasteiger charge is 2.62. The van der Waals surface area contributed by atoms with E-state index in [1.54, 1.807) is 15.8 Å². The van der Waals surface area contributed by atoms with Crippen LogP contribution in [0, 0.1) is 12.3 Å². The summed E-state index contributed by atoms with van der Waals surface area (Å²) >= 11 is 0. The van der Waals surface area contributed by atoms with E-state index in [1.165, 1.54) is 7.11 Å². The summed E-state index contributed by atoms with van der Waals surface area (Å²) in [6.45, 7) is 3.15. The van der Waals surface area contributed by atoms with Gasteiger partial charge in [0.05, 0.1) is 24.9 Å². The minimum atomic E-state index is -0.958. The van der Waals surface area contributed by atoms with Gasteiger partial charge in [0, 0.05) is 19.3 Å². The van der Waals surface area contributed by atoms with Crippen molar-refractivity contribution in [3.8, 4) is 0 Å². The van der Waals surface area contributed by atoms with Gasteiger partial charge in [-0.05, 0) is 32.3 Å². The molecule has 0 aromatic carbocycles. The summed E-state index contributed by atoms with van der Waals surface area (Å²) < 4.78 is 6.45. The van der Waals surface area contributed by atoms with Crippen LogP contribution in [0.15, 0.2) is 12.3 Å². The highest BCUT2D eigenvalue weighted by Crippen LogP contribution is 2.50. The van der Waals surface area contributed by atoms with E-state index < -0.39 is 11.4 Å². The van der Waals surface area contributed by atoms with Gasteiger partial charge in [0.1, 0.15) is 12.0 Å². The van der Waals surface area contributed by atoms with Crippen molar-refractivity contribution in [2.45, 2.75) is 44.8 Å². The zero-order chi connectivity index (χ0) is 17.8. The third kappa shape index (κ3) is 2.51. The van der Waals surface area contributed by atoms with E-state index in [0.717, 1.165) is 12.1 Å². The van der Waals surface area contributed by atoms with Crippen LogP contribution in [0.2, 0.25) is 0 Å². The first-order chi connectivity index (χ1) is 11.9. The second kappa shape index (κ2) is 5.57. The van der Waals surface area contributed by atoms with Crippen LogP contribution in [0.4, 0.5) is 0 Å². The van der Waals surface area contributed by atoms with Crippen molar-refractivity contribution in [3.05, 3.63) is 18.0 Å². The van der Waals surface area contributed by atoms with Gasteiger partial charge in [-0.2, -0.15) is 5.10 Å². The topological polar surface area (TPSA) is 84.7 Å². The highest BCUT2D eigenvalue weighted by atomic mass is 16.5. The lowest BCUT2D eigenvalue weighted by Gasteiger charge is -2.35. The molecule has 0 N–H and O–H groups in total. The molecule has 8 nitrogen and oxygen atoms in total. The molecule has 25 heavy (non-hydrogen) atoms. The Bertz CT molecular complexity index is 739. The number of rotatable bonds is 4. The summed E-state index contributed by atoms with van der Waals surface area (Å²) in [5.41, 5.74) is -0.0780. The molecule has 1 aromatic rings. The van der Waals surface area contributed by atoms with E-state index in [1.807, 2.05) is 17.9 Å². The molecule has 134 valence electrons. The minimum absolute atomic E-state index is 0.00272. The maximum absolute atomic E-state index is 12.8. The van der Waals surface area contributed by atoms with Crippen LogP contribution in [0.3, 0.4) is 0 Å². The molecule has 2 bridgehead atoms. The minimum Gasteiger partial charge on any atom is -0.468 e. The fourth-order valence-corrected chi connectivity index (χ4v) is 4.10. The predicted molar refractivity (Wildman–Crippen MR) is 86.3 cm³/mol. The molecule has 3 fully saturated rings. The third-order valence-corrected chi connectivity index (χ3v) is 5.63. The van der Waals surface area contributed by atoms with Gasteiger partial charge < -0.3 is 14.5 Å². The first-order valence-corrected chi connectivity index (χ1v) is 8.63. The Morgan fingerprint density at radius 2 is 1.92 bits per heavy atom. The maximum atomic E-state index is 12.8. The molecule has 2 saturated heterocycles. The fraction of sp³-hybridized carbons (Fsp3) is 0.647. The molecule has 1 aliphatic carbocycles. The molecule has 3 heterocycles. The molecule has 2 amide bonds. The SMILES string of the molecule is COC(=O)C1(C(=O)N2C[C@@H]3C[C@H]2CN3C(=O)Cn2ccc(C)n2)CC1. The van der Waals surface area contributed by atoms with Gasteiger partial charge in [0.25, 0.3) is 0 Å². The number of piperazine rings is 1. The Kier molecular flexibility index (Phi) is 3.59. The summed E-state index contributed by atoms with van der Waals surface area (Å²) in [6.07, 6.45) is 3.71. The Balaban J connectivity index is 1.40. The van der Waals surface area contributed by atoms with Crippen LogP contribution in [-0.2, 0) is 25.7 Å². The average molecular weight is 346 g/mol. The number of fused-ring (bicyclic) bond motifs is 2. The number of hydrogen-bond donors (Lipinski definition) is 0. The molecule has 3 aliphatic rings. The molecule has 8 heteroatoms. The van der Waals surface area contributed by atoms with Crippen molar-refractivity contribution in [3.63, 3.8) is 0 Å². The largest absolute Gasteiger partial charge is 0.468 e. The lowest BCUT2D eigenvalue weighted by Crippen LogP contribution is -2.54. The number of aromatic nitrogens is 2. The quantitative estimate of drug-likeness (QED) is 0.564. The van der Waals surface area contributed by atoms with Crippen LogP contribution in [-0.4, -0.2) is 69.6 Å². The number of methoxy groups -OCH3 is 1. The fourth-order valence-electron chi connectivity index (χ4n) is 4.10. The van der Waals surface area contributed by atoms with Gasteiger partial charge in [0.2, 0.25) is 11.8 Å². The average Bonchev–Trinajstić information content (AvgIpc) is 2.93. The Morgan fingerprint density at radius 3 is 2.44 bits per heavy atom. The Hall–Kier alpha value is -2.38. The predicted octanol–water partition coefficient (Wildman–Crippen LogP) is -0.0436. The molecule has 2 atom stereocenters. The summed E-state index contributed by atoms with van der Waals surface area (Å²) in [6, 6.07) is 1.90. The number of ether oxygens (including phenoxy) is 1. The molecular formula is C17H22N4O4. The highest BCUT2D eigenvalue weighted by molar-refractivity contribution is 6.05. The number of likely N-dealkylation sites (tertiary alicyclic amines) is 2. The molecule has 1 aromatic heterocycles. The smallest absolute Gasteiger partial charge is 0.321 e. The molecule has 1 saturated carbocycles. The number of hydrogen-bond acceptors (Lipinski definition) is 5. The molecule has 0 spiro atoms. The van der Waals surface area contributed by atoms with Crippen molar-refractivity contribution in [1.82, 2.24) is 19.6 Å². The van der Waals surface area contributed by atoms with Gasteiger partial charge in [-0.15, -0.1) is 0 Å². The van der Waals surface area contributed by atoms with Crippen molar-refractivity contribution in [1.29, 1.82) is 0 Å². The summed E-state index contributed by atoms with van der Waals surface area (Å²) in [4.78, 5) is 40.9. The van der Waals surface area contributed by atoms with Gasteiger partial charge in [-0.25, -0.2) is 0 Å². The Labute approximate surface area is 145 Å². The van der Waals surface area contributed by atoms with Crippen molar-refractivity contribution < 1.29 is 19.1 Å². The summed E-state index contributed by atoms with van der Waals surface area (Å²) in [7, 11) is 1.32. The van der Waals surface area contributed by atoms with Crippen LogP contribution in [0.25, 0.3) is 0 Å². The lowest BCUT2D eigenvalue weighted by molar-refractivity contribution is -0.158. The number of carbonyl (C=O) groups excluding carboxylic acids is 3. The molecule has 4 rings (SSSR count). The number of carbonyl (C=O) groups is 3. The molecule has 0 radical (unpaired) electrons. The Morgan fingerprint density at radius 1 is 1.24 bits per heavy atom. The lowest BCUT2D eigenvalue weighted by atomic mass is 10.0. The number of amides is 2. The zero-order valence-corrected chi connectivity index (χ0v) is 14.5. The van der Waals surface area contributed by atoms with E-state index in [4.69, 9.17) is 4.74 Å². The first kappa shape index (κ1) is 16.1. The van der Waals surface area contributed by atoms with Crippen molar-refractivity contribution >= 4 is 17.8 Å². The number of nitrogens with zero attached hydrogens (tertiary/aromatic N) is 4. The summed E-state index contributed by atoms with van der Waals surface area (Å²) in [5, 5.41) is 4.25. The van der Waals surface area contributed by atoms with E-state index in [0.29, 0.717) is 25.9 Å². The molecular weight excluding hydrogens is 324 g/mol. The molecule has 0 unspecified atom stereocenters. The van der Waals surface area contributed by atoms with Gasteiger partial charge in [-0.1, -0.05) is 0 Å². The second-order valence-corrected chi connectivity index (χ2v) is 7.28. The maximum Gasteiger partial charge on any atom is 0.321 e. The van der Waals surface area contributed by atoms with Crippen LogP contribution >= 0.6 is 0 Å².